The van der Waals surface area contributed by atoms with Crippen molar-refractivity contribution in [1.82, 2.24) is 10.2 Å². The number of halogens is 2. The molecule has 94 valence electrons. The molecule has 0 amide bonds. The van der Waals surface area contributed by atoms with Crippen LogP contribution in [0.25, 0.3) is 0 Å². The fourth-order valence-corrected chi connectivity index (χ4v) is 1.43. The topological polar surface area (TPSA) is 84.3 Å². The van der Waals surface area contributed by atoms with E-state index in [4.69, 9.17) is 33.0 Å². The normalized spacial score (nSPS) is 12.2. The second-order valence-corrected chi connectivity index (χ2v) is 3.93. The molecule has 0 aromatic carbocycles. The minimum atomic E-state index is -1.01. The molecule has 1 rings (SSSR count). The largest absolute Gasteiger partial charge is 0.480 e. The van der Waals surface area contributed by atoms with E-state index in [0.717, 1.165) is 0 Å². The number of carboxylic acid groups (broad SMARTS) is 1. The van der Waals surface area contributed by atoms with Crippen LogP contribution >= 0.6 is 23.2 Å². The lowest BCUT2D eigenvalue weighted by atomic mass is 10.2. The summed E-state index contributed by atoms with van der Waals surface area (Å²) in [7, 11) is 1.50. The van der Waals surface area contributed by atoms with Crippen molar-refractivity contribution in [3.05, 3.63) is 16.4 Å². The van der Waals surface area contributed by atoms with Crippen LogP contribution in [0.4, 0.5) is 5.69 Å². The zero-order valence-electron chi connectivity index (χ0n) is 8.98. The van der Waals surface area contributed by atoms with E-state index < -0.39 is 12.0 Å². The molecule has 0 aliphatic heterocycles. The van der Waals surface area contributed by atoms with Gasteiger partial charge in [0.15, 0.2) is 10.3 Å². The summed E-state index contributed by atoms with van der Waals surface area (Å²) in [6.07, 6.45) is 0.294. The number of hydrogen-bond donors (Lipinski definition) is 2. The summed E-state index contributed by atoms with van der Waals surface area (Å²) in [5, 5.41) is 19.0. The van der Waals surface area contributed by atoms with Gasteiger partial charge in [-0.25, -0.2) is 4.79 Å². The number of methoxy groups -OCH3 is 1. The fraction of sp³-hybridized carbons (Fsp3) is 0.444. The van der Waals surface area contributed by atoms with E-state index in [2.05, 4.69) is 15.5 Å². The monoisotopic (exact) mass is 279 g/mol. The van der Waals surface area contributed by atoms with Crippen LogP contribution in [0.2, 0.25) is 10.3 Å². The smallest absolute Gasteiger partial charge is 0.326 e. The summed E-state index contributed by atoms with van der Waals surface area (Å²) in [6.45, 7) is 0.313. The fourth-order valence-electron chi connectivity index (χ4n) is 1.14. The van der Waals surface area contributed by atoms with Crippen molar-refractivity contribution in [3.63, 3.8) is 0 Å². The van der Waals surface area contributed by atoms with Crippen molar-refractivity contribution in [2.75, 3.05) is 19.0 Å². The molecular weight excluding hydrogens is 269 g/mol. The maximum atomic E-state index is 11.0. The average Bonchev–Trinajstić information content (AvgIpc) is 2.28. The zero-order chi connectivity index (χ0) is 12.8. The van der Waals surface area contributed by atoms with Gasteiger partial charge in [0.05, 0.1) is 5.69 Å². The van der Waals surface area contributed by atoms with Crippen molar-refractivity contribution in [2.24, 2.45) is 0 Å². The molecule has 0 aliphatic rings. The number of nitrogens with zero attached hydrogens (tertiary/aromatic N) is 2. The van der Waals surface area contributed by atoms with Gasteiger partial charge in [-0.1, -0.05) is 23.2 Å². The van der Waals surface area contributed by atoms with Gasteiger partial charge in [-0.15, -0.1) is 10.2 Å². The molecule has 17 heavy (non-hydrogen) atoms. The first-order valence-corrected chi connectivity index (χ1v) is 5.47. The molecule has 1 aromatic heterocycles. The van der Waals surface area contributed by atoms with Crippen LogP contribution in [-0.4, -0.2) is 41.0 Å². The predicted octanol–water partition coefficient (Wildman–Crippen LogP) is 1.68. The molecule has 1 unspecified atom stereocenters. The first-order valence-electron chi connectivity index (χ1n) is 4.71. The van der Waals surface area contributed by atoms with Crippen molar-refractivity contribution in [2.45, 2.75) is 12.5 Å². The number of ether oxygens (including phenoxy) is 1. The van der Waals surface area contributed by atoms with E-state index >= 15 is 0 Å². The van der Waals surface area contributed by atoms with Crippen LogP contribution in [-0.2, 0) is 9.53 Å². The summed E-state index contributed by atoms with van der Waals surface area (Å²) in [6, 6.07) is 0.590. The Hall–Kier alpha value is -1.11. The molecule has 0 saturated heterocycles. The molecule has 0 spiro atoms. The van der Waals surface area contributed by atoms with Crippen LogP contribution in [0.5, 0.6) is 0 Å². The Morgan fingerprint density at radius 3 is 2.88 bits per heavy atom. The Labute approximate surface area is 108 Å². The molecule has 0 saturated carbocycles. The van der Waals surface area contributed by atoms with Crippen molar-refractivity contribution in [3.8, 4) is 0 Å². The van der Waals surface area contributed by atoms with Crippen LogP contribution in [0.3, 0.4) is 0 Å². The third-order valence-corrected chi connectivity index (χ3v) is 2.42. The summed E-state index contributed by atoms with van der Waals surface area (Å²) >= 11 is 11.4. The van der Waals surface area contributed by atoms with Gasteiger partial charge in [0.25, 0.3) is 0 Å². The molecule has 1 atom stereocenters. The van der Waals surface area contributed by atoms with Crippen molar-refractivity contribution < 1.29 is 14.6 Å². The quantitative estimate of drug-likeness (QED) is 0.824. The third kappa shape index (κ3) is 4.33. The summed E-state index contributed by atoms with van der Waals surface area (Å²) in [5.41, 5.74) is 0.329. The molecule has 0 radical (unpaired) electrons. The number of aromatic nitrogens is 2. The van der Waals surface area contributed by atoms with Gasteiger partial charge in [-0.3, -0.25) is 0 Å². The van der Waals surface area contributed by atoms with Crippen molar-refractivity contribution in [1.29, 1.82) is 0 Å². The highest BCUT2D eigenvalue weighted by atomic mass is 35.5. The second kappa shape index (κ2) is 6.58. The van der Waals surface area contributed by atoms with E-state index in [-0.39, 0.29) is 10.3 Å². The van der Waals surface area contributed by atoms with Gasteiger partial charge in [0.2, 0.25) is 0 Å². The van der Waals surface area contributed by atoms with Crippen molar-refractivity contribution >= 4 is 34.9 Å². The maximum absolute atomic E-state index is 11.0. The van der Waals surface area contributed by atoms with E-state index in [0.29, 0.717) is 18.7 Å². The summed E-state index contributed by atoms with van der Waals surface area (Å²) < 4.78 is 4.82. The predicted molar refractivity (Wildman–Crippen MR) is 63.6 cm³/mol. The third-order valence-electron chi connectivity index (χ3n) is 1.96. The van der Waals surface area contributed by atoms with Gasteiger partial charge in [0.1, 0.15) is 6.04 Å². The van der Waals surface area contributed by atoms with Crippen LogP contribution in [0.1, 0.15) is 6.42 Å². The first-order chi connectivity index (χ1) is 8.04. The highest BCUT2D eigenvalue weighted by Crippen LogP contribution is 2.22. The lowest BCUT2D eigenvalue weighted by molar-refractivity contribution is -0.138. The Bertz CT molecular complexity index is 403. The number of carboxylic acids is 1. The number of carbonyl (C=O) groups is 1. The zero-order valence-corrected chi connectivity index (χ0v) is 10.5. The highest BCUT2D eigenvalue weighted by molar-refractivity contribution is 6.33. The summed E-state index contributed by atoms with van der Waals surface area (Å²) in [5.74, 6) is -1.01. The maximum Gasteiger partial charge on any atom is 0.326 e. The van der Waals surface area contributed by atoms with E-state index in [9.17, 15) is 4.79 Å². The van der Waals surface area contributed by atoms with E-state index in [1.807, 2.05) is 0 Å². The summed E-state index contributed by atoms with van der Waals surface area (Å²) in [4.78, 5) is 11.0. The number of aliphatic carboxylic acids is 1. The standard InChI is InChI=1S/C9H11Cl2N3O3/c1-17-3-2-5(9(15)16)12-6-4-7(10)13-14-8(6)11/h4-5H,2-3H2,1H3,(H,12,13)(H,15,16). The Morgan fingerprint density at radius 1 is 1.59 bits per heavy atom. The lowest BCUT2D eigenvalue weighted by Gasteiger charge is -2.15. The number of hydrogen-bond acceptors (Lipinski definition) is 5. The molecule has 6 nitrogen and oxygen atoms in total. The number of nitrogens with one attached hydrogen (secondary N) is 1. The van der Waals surface area contributed by atoms with Gasteiger partial charge in [0, 0.05) is 26.2 Å². The lowest BCUT2D eigenvalue weighted by Crippen LogP contribution is -2.30. The van der Waals surface area contributed by atoms with E-state index in [1.165, 1.54) is 13.2 Å². The van der Waals surface area contributed by atoms with Gasteiger partial charge < -0.3 is 15.2 Å². The molecular formula is C9H11Cl2N3O3. The first kappa shape index (κ1) is 14.0. The second-order valence-electron chi connectivity index (χ2n) is 3.19. The minimum absolute atomic E-state index is 0.0677. The van der Waals surface area contributed by atoms with Gasteiger partial charge >= 0.3 is 5.97 Å². The SMILES string of the molecule is COCCC(Nc1cc(Cl)nnc1Cl)C(=O)O. The minimum Gasteiger partial charge on any atom is -0.480 e. The Balaban J connectivity index is 2.78. The van der Waals surface area contributed by atoms with Crippen LogP contribution < -0.4 is 5.32 Å². The highest BCUT2D eigenvalue weighted by Gasteiger charge is 2.18. The van der Waals surface area contributed by atoms with E-state index in [1.54, 1.807) is 0 Å². The number of anilines is 1. The van der Waals surface area contributed by atoms with Crippen LogP contribution in [0.15, 0.2) is 6.07 Å². The van der Waals surface area contributed by atoms with Gasteiger partial charge in [-0.05, 0) is 0 Å². The molecule has 8 heteroatoms. The molecule has 0 aliphatic carbocycles. The molecule has 2 N–H and O–H groups in total. The van der Waals surface area contributed by atoms with Gasteiger partial charge in [-0.2, -0.15) is 0 Å². The number of rotatable bonds is 6. The Morgan fingerprint density at radius 2 is 2.29 bits per heavy atom. The molecule has 0 bridgehead atoms. The molecule has 0 fully saturated rings. The Kier molecular flexibility index (Phi) is 5.40. The molecule has 1 aromatic rings. The average molecular weight is 280 g/mol. The molecule has 1 heterocycles. The van der Waals surface area contributed by atoms with Crippen LogP contribution in [0, 0.1) is 0 Å².